The summed E-state index contributed by atoms with van der Waals surface area (Å²) in [5.74, 6) is -0.112. The SMILES string of the molecule is Cc1cccc(-n2ccnc2SC(C)C(=O)Nc2ccccc2Cl)c1C. The number of aromatic nitrogens is 2. The van der Waals surface area contributed by atoms with Gasteiger partial charge in [0, 0.05) is 12.4 Å². The molecule has 1 N–H and O–H groups in total. The van der Waals surface area contributed by atoms with Gasteiger partial charge in [0.1, 0.15) is 0 Å². The Labute approximate surface area is 162 Å². The molecule has 4 nitrogen and oxygen atoms in total. The number of hydrogen-bond acceptors (Lipinski definition) is 3. The molecule has 1 amide bonds. The Balaban J connectivity index is 1.78. The molecule has 3 aromatic rings. The molecule has 26 heavy (non-hydrogen) atoms. The van der Waals surface area contributed by atoms with Gasteiger partial charge in [-0.25, -0.2) is 4.98 Å². The van der Waals surface area contributed by atoms with Crippen molar-refractivity contribution in [3.05, 3.63) is 71.0 Å². The molecule has 0 spiro atoms. The first-order valence-electron chi connectivity index (χ1n) is 8.29. The van der Waals surface area contributed by atoms with Crippen molar-refractivity contribution >= 4 is 35.0 Å². The molecule has 1 unspecified atom stereocenters. The molecule has 6 heteroatoms. The molecule has 0 bridgehead atoms. The van der Waals surface area contributed by atoms with Crippen LogP contribution in [0.3, 0.4) is 0 Å². The maximum atomic E-state index is 12.5. The third kappa shape index (κ3) is 3.94. The van der Waals surface area contributed by atoms with Crippen LogP contribution in [0.4, 0.5) is 5.69 Å². The topological polar surface area (TPSA) is 46.9 Å². The lowest BCUT2D eigenvalue weighted by molar-refractivity contribution is -0.115. The fourth-order valence-corrected chi connectivity index (χ4v) is 3.63. The zero-order valence-electron chi connectivity index (χ0n) is 14.9. The number of anilines is 1. The van der Waals surface area contributed by atoms with Gasteiger partial charge in [-0.3, -0.25) is 9.36 Å². The van der Waals surface area contributed by atoms with Crippen molar-refractivity contribution in [2.45, 2.75) is 31.2 Å². The van der Waals surface area contributed by atoms with Crippen molar-refractivity contribution in [2.75, 3.05) is 5.32 Å². The number of rotatable bonds is 5. The van der Waals surface area contributed by atoms with E-state index in [-0.39, 0.29) is 11.2 Å². The minimum absolute atomic E-state index is 0.112. The van der Waals surface area contributed by atoms with E-state index in [9.17, 15) is 4.79 Å². The molecule has 0 aliphatic rings. The second kappa shape index (κ2) is 7.98. The summed E-state index contributed by atoms with van der Waals surface area (Å²) in [4.78, 5) is 17.0. The van der Waals surface area contributed by atoms with Crippen LogP contribution in [0.25, 0.3) is 5.69 Å². The number of carbonyl (C=O) groups excluding carboxylic acids is 1. The van der Waals surface area contributed by atoms with Crippen LogP contribution < -0.4 is 5.32 Å². The van der Waals surface area contributed by atoms with Gasteiger partial charge in [-0.2, -0.15) is 0 Å². The standard InChI is InChI=1S/C20H20ClN3OS/c1-13-7-6-10-18(14(13)2)24-12-11-22-20(24)26-15(3)19(25)23-17-9-5-4-8-16(17)21/h4-12,15H,1-3H3,(H,23,25). The van der Waals surface area contributed by atoms with Crippen LogP contribution in [0.1, 0.15) is 18.1 Å². The highest BCUT2D eigenvalue weighted by Crippen LogP contribution is 2.28. The van der Waals surface area contributed by atoms with Crippen molar-refractivity contribution in [1.29, 1.82) is 0 Å². The first-order chi connectivity index (χ1) is 12.5. The number of nitrogens with zero attached hydrogens (tertiary/aromatic N) is 2. The Morgan fingerprint density at radius 2 is 1.96 bits per heavy atom. The van der Waals surface area contributed by atoms with E-state index in [1.807, 2.05) is 35.9 Å². The van der Waals surface area contributed by atoms with E-state index in [1.165, 1.54) is 22.9 Å². The summed E-state index contributed by atoms with van der Waals surface area (Å²) in [5.41, 5.74) is 4.10. The second-order valence-electron chi connectivity index (χ2n) is 6.03. The molecular weight excluding hydrogens is 366 g/mol. The van der Waals surface area contributed by atoms with Crippen molar-refractivity contribution in [3.63, 3.8) is 0 Å². The number of amides is 1. The minimum Gasteiger partial charge on any atom is -0.324 e. The van der Waals surface area contributed by atoms with Crippen molar-refractivity contribution in [1.82, 2.24) is 9.55 Å². The molecule has 0 aliphatic heterocycles. The van der Waals surface area contributed by atoms with Crippen molar-refractivity contribution in [3.8, 4) is 5.69 Å². The maximum Gasteiger partial charge on any atom is 0.237 e. The second-order valence-corrected chi connectivity index (χ2v) is 7.74. The fraction of sp³-hybridized carbons (Fsp3) is 0.200. The molecule has 3 rings (SSSR count). The van der Waals surface area contributed by atoms with Crippen LogP contribution in [0, 0.1) is 13.8 Å². The average molecular weight is 386 g/mol. The number of aryl methyl sites for hydroxylation is 1. The monoisotopic (exact) mass is 385 g/mol. The number of carbonyl (C=O) groups is 1. The summed E-state index contributed by atoms with van der Waals surface area (Å²) in [6.07, 6.45) is 3.67. The number of hydrogen-bond donors (Lipinski definition) is 1. The molecule has 1 atom stereocenters. The molecular formula is C20H20ClN3OS. The molecule has 2 aromatic carbocycles. The highest BCUT2D eigenvalue weighted by atomic mass is 35.5. The van der Waals surface area contributed by atoms with Gasteiger partial charge in [0.2, 0.25) is 5.91 Å². The molecule has 1 aromatic heterocycles. The average Bonchev–Trinajstić information content (AvgIpc) is 3.07. The van der Waals surface area contributed by atoms with Gasteiger partial charge in [-0.1, -0.05) is 47.6 Å². The number of thioether (sulfide) groups is 1. The number of benzene rings is 2. The Bertz CT molecular complexity index is 938. The molecule has 0 fully saturated rings. The predicted molar refractivity (Wildman–Crippen MR) is 108 cm³/mol. The van der Waals surface area contributed by atoms with Gasteiger partial charge < -0.3 is 5.32 Å². The van der Waals surface area contributed by atoms with Crippen LogP contribution in [0.2, 0.25) is 5.02 Å². The highest BCUT2D eigenvalue weighted by molar-refractivity contribution is 8.00. The van der Waals surface area contributed by atoms with Gasteiger partial charge in [0.25, 0.3) is 0 Å². The Morgan fingerprint density at radius 3 is 2.73 bits per heavy atom. The van der Waals surface area contributed by atoms with Gasteiger partial charge in [0.15, 0.2) is 5.16 Å². The van der Waals surface area contributed by atoms with Crippen molar-refractivity contribution < 1.29 is 4.79 Å². The first kappa shape index (κ1) is 18.5. The fourth-order valence-electron chi connectivity index (χ4n) is 2.57. The zero-order valence-corrected chi connectivity index (χ0v) is 16.4. The molecule has 134 valence electrons. The number of imidazole rings is 1. The maximum absolute atomic E-state index is 12.5. The van der Waals surface area contributed by atoms with E-state index < -0.39 is 0 Å². The highest BCUT2D eigenvalue weighted by Gasteiger charge is 2.19. The van der Waals surface area contributed by atoms with Gasteiger partial charge in [-0.05, 0) is 50.1 Å². The summed E-state index contributed by atoms with van der Waals surface area (Å²) in [5, 5.41) is 3.85. The van der Waals surface area contributed by atoms with E-state index in [1.54, 1.807) is 18.3 Å². The summed E-state index contributed by atoms with van der Waals surface area (Å²) < 4.78 is 2.02. The smallest absolute Gasteiger partial charge is 0.237 e. The Hall–Kier alpha value is -2.24. The zero-order chi connectivity index (χ0) is 18.7. The largest absolute Gasteiger partial charge is 0.324 e. The van der Waals surface area contributed by atoms with Crippen molar-refractivity contribution in [2.24, 2.45) is 0 Å². The van der Waals surface area contributed by atoms with E-state index in [0.717, 1.165) is 10.8 Å². The number of halogens is 1. The molecule has 0 radical (unpaired) electrons. The van der Waals surface area contributed by atoms with E-state index >= 15 is 0 Å². The molecule has 0 saturated carbocycles. The van der Waals surface area contributed by atoms with E-state index in [4.69, 9.17) is 11.6 Å². The Kier molecular flexibility index (Phi) is 5.69. The first-order valence-corrected chi connectivity index (χ1v) is 9.55. The molecule has 0 saturated heterocycles. The summed E-state index contributed by atoms with van der Waals surface area (Å²) >= 11 is 7.53. The summed E-state index contributed by atoms with van der Waals surface area (Å²) in [7, 11) is 0. The lowest BCUT2D eigenvalue weighted by atomic mass is 10.1. The third-order valence-corrected chi connectivity index (χ3v) is 5.64. The number of nitrogens with one attached hydrogen (secondary N) is 1. The van der Waals surface area contributed by atoms with E-state index in [2.05, 4.69) is 36.3 Å². The quantitative estimate of drug-likeness (QED) is 0.609. The van der Waals surface area contributed by atoms with Crippen LogP contribution in [0.15, 0.2) is 60.0 Å². The van der Waals surface area contributed by atoms with Crippen LogP contribution >= 0.6 is 23.4 Å². The van der Waals surface area contributed by atoms with Crippen LogP contribution in [0.5, 0.6) is 0 Å². The van der Waals surface area contributed by atoms with Gasteiger partial charge >= 0.3 is 0 Å². The normalized spacial score (nSPS) is 12.0. The van der Waals surface area contributed by atoms with Crippen LogP contribution in [-0.2, 0) is 4.79 Å². The van der Waals surface area contributed by atoms with Crippen LogP contribution in [-0.4, -0.2) is 20.7 Å². The Morgan fingerprint density at radius 1 is 1.19 bits per heavy atom. The van der Waals surface area contributed by atoms with E-state index in [0.29, 0.717) is 10.7 Å². The minimum atomic E-state index is -0.322. The lowest BCUT2D eigenvalue weighted by Crippen LogP contribution is -2.23. The summed E-state index contributed by atoms with van der Waals surface area (Å²) in [6.45, 7) is 6.04. The third-order valence-electron chi connectivity index (χ3n) is 4.23. The molecule has 0 aliphatic carbocycles. The summed E-state index contributed by atoms with van der Waals surface area (Å²) in [6, 6.07) is 13.4. The number of para-hydroxylation sites is 1. The van der Waals surface area contributed by atoms with Gasteiger partial charge in [-0.15, -0.1) is 0 Å². The van der Waals surface area contributed by atoms with Gasteiger partial charge in [0.05, 0.1) is 21.6 Å². The lowest BCUT2D eigenvalue weighted by Gasteiger charge is -2.15. The predicted octanol–water partition coefficient (Wildman–Crippen LogP) is 5.26. The molecule has 1 heterocycles.